The van der Waals surface area contributed by atoms with E-state index in [4.69, 9.17) is 0 Å². The number of pyridine rings is 1. The topological polar surface area (TPSA) is 108 Å². The van der Waals surface area contributed by atoms with Gasteiger partial charge >= 0.3 is 15.5 Å². The Labute approximate surface area is 222 Å². The van der Waals surface area contributed by atoms with Crippen molar-refractivity contribution in [2.45, 2.75) is 24.0 Å². The number of thioether (sulfide) groups is 1. The first-order valence-electron chi connectivity index (χ1n) is 11.4. The molecule has 0 spiro atoms. The predicted octanol–water partition coefficient (Wildman–Crippen LogP) is 5.37. The molecule has 14 heteroatoms. The summed E-state index contributed by atoms with van der Waals surface area (Å²) < 4.78 is 80.2. The molecular weight excluding hydrogens is 558 g/mol. The fraction of sp³-hybridized carbons (Fsp3) is 0.160. The van der Waals surface area contributed by atoms with Crippen molar-refractivity contribution in [1.82, 2.24) is 24.1 Å². The first-order chi connectivity index (χ1) is 18.5. The fourth-order valence-corrected chi connectivity index (χ4v) is 6.06. The number of hydrogen-bond donors (Lipinski definition) is 0. The summed E-state index contributed by atoms with van der Waals surface area (Å²) in [5.74, 6) is -1.06. The summed E-state index contributed by atoms with van der Waals surface area (Å²) in [5, 5.41) is 4.43. The smallest absolute Gasteiger partial charge is 0.287 e. The SMILES string of the molecule is CCc1c(F)ccc2cc3c(cnn3S(=O)(=O)C(F)(F)F)c(-c3nccc4c3C(=O)c3nc(SC)ncc3-4)c12. The molecule has 0 amide bonds. The Kier molecular flexibility index (Phi) is 5.56. The summed E-state index contributed by atoms with van der Waals surface area (Å²) in [5.41, 5.74) is -4.53. The van der Waals surface area contributed by atoms with Crippen LogP contribution in [0.25, 0.3) is 44.1 Å². The van der Waals surface area contributed by atoms with Crippen LogP contribution in [-0.4, -0.2) is 50.1 Å². The van der Waals surface area contributed by atoms with Crippen molar-refractivity contribution < 1.29 is 30.8 Å². The van der Waals surface area contributed by atoms with Crippen LogP contribution in [0.3, 0.4) is 0 Å². The molecule has 6 rings (SSSR count). The van der Waals surface area contributed by atoms with E-state index in [1.165, 1.54) is 36.3 Å². The van der Waals surface area contributed by atoms with E-state index in [0.717, 1.165) is 12.3 Å². The maximum Gasteiger partial charge on any atom is 0.518 e. The van der Waals surface area contributed by atoms with Gasteiger partial charge in [-0.25, -0.2) is 14.4 Å². The standard InChI is InChI=1S/C25H15F4N5O3S2/c1-3-12-16(26)5-4-11-8-17-15(10-32-34(17)39(36,37)25(27,28)29)19(18(11)12)22-20-13(6-7-30-22)14-9-31-24(38-2)33-21(14)23(20)35/h4-10H,3H2,1-2H3. The summed E-state index contributed by atoms with van der Waals surface area (Å²) in [6.07, 6.45) is 5.82. The van der Waals surface area contributed by atoms with Gasteiger partial charge in [-0.3, -0.25) is 9.78 Å². The molecule has 0 aliphatic heterocycles. The summed E-state index contributed by atoms with van der Waals surface area (Å²) >= 11 is 1.24. The van der Waals surface area contributed by atoms with Crippen LogP contribution in [0.5, 0.6) is 0 Å². The molecule has 8 nitrogen and oxygen atoms in total. The largest absolute Gasteiger partial charge is 0.518 e. The lowest BCUT2D eigenvalue weighted by Crippen LogP contribution is -2.30. The Morgan fingerprint density at radius 2 is 1.79 bits per heavy atom. The van der Waals surface area contributed by atoms with E-state index < -0.39 is 32.6 Å². The molecule has 39 heavy (non-hydrogen) atoms. The minimum Gasteiger partial charge on any atom is -0.287 e. The van der Waals surface area contributed by atoms with E-state index in [2.05, 4.69) is 20.1 Å². The van der Waals surface area contributed by atoms with Crippen LogP contribution in [0.1, 0.15) is 28.5 Å². The highest BCUT2D eigenvalue weighted by Gasteiger charge is 2.49. The number of carbonyl (C=O) groups is 1. The zero-order valence-electron chi connectivity index (χ0n) is 20.0. The van der Waals surface area contributed by atoms with Crippen LogP contribution in [-0.2, 0) is 16.4 Å². The number of alkyl halides is 3. The molecule has 0 bridgehead atoms. The molecular formula is C25H15F4N5O3S2. The van der Waals surface area contributed by atoms with Crippen LogP contribution < -0.4 is 0 Å². The Morgan fingerprint density at radius 3 is 2.49 bits per heavy atom. The van der Waals surface area contributed by atoms with Crippen LogP contribution in [0.15, 0.2) is 48.0 Å². The zero-order chi connectivity index (χ0) is 27.9. The number of halogens is 4. The minimum absolute atomic E-state index is 0.0426. The van der Waals surface area contributed by atoms with Gasteiger partial charge in [0.15, 0.2) is 5.16 Å². The van der Waals surface area contributed by atoms with E-state index in [-0.39, 0.29) is 54.7 Å². The number of benzene rings is 2. The second kappa shape index (κ2) is 8.55. The Bertz CT molecular complexity index is 1990. The third-order valence-corrected chi connectivity index (χ3v) is 8.51. The first-order valence-corrected chi connectivity index (χ1v) is 14.0. The number of hydrogen-bond acceptors (Lipinski definition) is 8. The Balaban J connectivity index is 1.77. The van der Waals surface area contributed by atoms with Crippen molar-refractivity contribution in [3.8, 4) is 22.4 Å². The average molecular weight is 574 g/mol. The second-order valence-corrected chi connectivity index (χ2v) is 11.2. The minimum atomic E-state index is -5.90. The predicted molar refractivity (Wildman–Crippen MR) is 136 cm³/mol. The van der Waals surface area contributed by atoms with Gasteiger partial charge in [-0.15, -0.1) is 4.09 Å². The third kappa shape index (κ3) is 3.50. The summed E-state index contributed by atoms with van der Waals surface area (Å²) in [6.45, 7) is 1.70. The molecule has 0 atom stereocenters. The number of ketones is 1. The molecule has 3 heterocycles. The van der Waals surface area contributed by atoms with Crippen molar-refractivity contribution in [3.05, 3.63) is 65.5 Å². The van der Waals surface area contributed by atoms with Crippen molar-refractivity contribution in [3.63, 3.8) is 0 Å². The number of rotatable bonds is 4. The highest BCUT2D eigenvalue weighted by atomic mass is 32.2. The van der Waals surface area contributed by atoms with Crippen molar-refractivity contribution in [2.24, 2.45) is 0 Å². The van der Waals surface area contributed by atoms with Crippen LogP contribution in [0, 0.1) is 5.82 Å². The molecule has 0 fully saturated rings. The monoisotopic (exact) mass is 573 g/mol. The lowest BCUT2D eigenvalue weighted by molar-refractivity contribution is -0.0448. The van der Waals surface area contributed by atoms with Crippen molar-refractivity contribution in [1.29, 1.82) is 0 Å². The van der Waals surface area contributed by atoms with Gasteiger partial charge in [-0.1, -0.05) is 24.8 Å². The van der Waals surface area contributed by atoms with Crippen molar-refractivity contribution in [2.75, 3.05) is 6.26 Å². The van der Waals surface area contributed by atoms with E-state index in [1.807, 2.05) is 0 Å². The van der Waals surface area contributed by atoms with Crippen LogP contribution in [0.2, 0.25) is 0 Å². The van der Waals surface area contributed by atoms with E-state index in [0.29, 0.717) is 16.3 Å². The first kappa shape index (κ1) is 25.4. The molecule has 0 saturated heterocycles. The van der Waals surface area contributed by atoms with Gasteiger partial charge in [0.05, 0.1) is 23.0 Å². The molecule has 0 radical (unpaired) electrons. The number of nitrogens with zero attached hydrogens (tertiary/aromatic N) is 5. The van der Waals surface area contributed by atoms with Gasteiger partial charge in [-0.2, -0.15) is 26.7 Å². The molecule has 2 aromatic carbocycles. The van der Waals surface area contributed by atoms with Gasteiger partial charge in [0.1, 0.15) is 11.5 Å². The van der Waals surface area contributed by atoms with Crippen LogP contribution >= 0.6 is 11.8 Å². The third-order valence-electron chi connectivity index (χ3n) is 6.62. The molecule has 198 valence electrons. The van der Waals surface area contributed by atoms with Gasteiger partial charge in [0.25, 0.3) is 0 Å². The Morgan fingerprint density at radius 1 is 1.03 bits per heavy atom. The molecule has 3 aromatic heterocycles. The van der Waals surface area contributed by atoms with Gasteiger partial charge < -0.3 is 0 Å². The summed E-state index contributed by atoms with van der Waals surface area (Å²) in [4.78, 5) is 26.6. The maximum absolute atomic E-state index is 15.0. The van der Waals surface area contributed by atoms with E-state index >= 15 is 4.39 Å². The van der Waals surface area contributed by atoms with E-state index in [9.17, 15) is 26.4 Å². The molecule has 0 saturated carbocycles. The second-order valence-electron chi connectivity index (χ2n) is 8.63. The lowest BCUT2D eigenvalue weighted by Gasteiger charge is -2.16. The van der Waals surface area contributed by atoms with Gasteiger partial charge in [0.2, 0.25) is 5.78 Å². The molecule has 0 unspecified atom stereocenters. The Hall–Kier alpha value is -3.91. The zero-order valence-corrected chi connectivity index (χ0v) is 21.7. The normalized spacial score (nSPS) is 13.3. The average Bonchev–Trinajstić information content (AvgIpc) is 3.46. The van der Waals surface area contributed by atoms with Gasteiger partial charge in [-0.05, 0) is 47.2 Å². The molecule has 5 aromatic rings. The highest BCUT2D eigenvalue weighted by molar-refractivity contribution is 7.98. The lowest BCUT2D eigenvalue weighted by atomic mass is 9.90. The summed E-state index contributed by atoms with van der Waals surface area (Å²) in [6, 6.07) is 5.28. The fourth-order valence-electron chi connectivity index (χ4n) is 4.94. The van der Waals surface area contributed by atoms with Gasteiger partial charge in [0, 0.05) is 34.5 Å². The van der Waals surface area contributed by atoms with Crippen LogP contribution in [0.4, 0.5) is 17.6 Å². The van der Waals surface area contributed by atoms with Crippen molar-refractivity contribution >= 4 is 49.2 Å². The molecule has 1 aliphatic rings. The van der Waals surface area contributed by atoms with E-state index in [1.54, 1.807) is 19.2 Å². The number of aryl methyl sites for hydroxylation is 1. The maximum atomic E-state index is 15.0. The molecule has 1 aliphatic carbocycles. The number of carbonyl (C=O) groups excluding carboxylic acids is 1. The number of fused-ring (bicyclic) bond motifs is 5. The quantitative estimate of drug-likeness (QED) is 0.157. The number of aromatic nitrogens is 5. The molecule has 0 N–H and O–H groups in total. The summed E-state index contributed by atoms with van der Waals surface area (Å²) in [7, 11) is -5.90. The highest BCUT2D eigenvalue weighted by Crippen LogP contribution is 2.45.